The minimum absolute atomic E-state index is 0.0417. The molecule has 1 aliphatic rings. The molecule has 1 aliphatic heterocycles. The fourth-order valence-corrected chi connectivity index (χ4v) is 5.02. The normalized spacial score (nSPS) is 14.3. The average molecular weight is 476 g/mol. The number of anilines is 1. The molecule has 32 heavy (non-hydrogen) atoms. The maximum Gasteiger partial charge on any atom is 0.265 e. The van der Waals surface area contributed by atoms with Crippen LogP contribution in [-0.2, 0) is 10.0 Å². The number of halogens is 1. The second-order valence-electron chi connectivity index (χ2n) is 6.89. The summed E-state index contributed by atoms with van der Waals surface area (Å²) in [6.45, 7) is 0. The van der Waals surface area contributed by atoms with Crippen molar-refractivity contribution in [1.82, 2.24) is 21.9 Å². The Morgan fingerprint density at radius 2 is 1.62 bits per heavy atom. The van der Waals surface area contributed by atoms with Crippen molar-refractivity contribution in [2.75, 3.05) is 18.9 Å². The van der Waals surface area contributed by atoms with E-state index in [0.29, 0.717) is 11.3 Å². The third-order valence-corrected chi connectivity index (χ3v) is 6.56. The number of ether oxygens (including phenoxy) is 2. The zero-order chi connectivity index (χ0) is 22.7. The minimum atomic E-state index is -4.10. The molecule has 0 radical (unpaired) electrons. The van der Waals surface area contributed by atoms with Crippen molar-refractivity contribution in [3.63, 3.8) is 0 Å². The molecule has 3 aromatic carbocycles. The molecule has 3 aromatic rings. The highest BCUT2D eigenvalue weighted by molar-refractivity contribution is 7.92. The first-order valence-electron chi connectivity index (χ1n) is 9.57. The highest BCUT2D eigenvalue weighted by Crippen LogP contribution is 2.38. The molecule has 0 spiro atoms. The molecule has 9 nitrogen and oxygen atoms in total. The molecular weight excluding hydrogens is 454 g/mol. The zero-order valence-corrected chi connectivity index (χ0v) is 18.8. The zero-order valence-electron chi connectivity index (χ0n) is 17.3. The van der Waals surface area contributed by atoms with Gasteiger partial charge in [0.15, 0.2) is 5.75 Å². The Kier molecular flexibility index (Phi) is 6.51. The maximum atomic E-state index is 13.4. The molecule has 0 amide bonds. The van der Waals surface area contributed by atoms with E-state index in [4.69, 9.17) is 21.1 Å². The van der Waals surface area contributed by atoms with Crippen LogP contribution in [-0.4, -0.2) is 22.6 Å². The van der Waals surface area contributed by atoms with Crippen LogP contribution in [0.4, 0.5) is 5.69 Å². The average Bonchev–Trinajstić information content (AvgIpc) is 3.34. The van der Waals surface area contributed by atoms with Gasteiger partial charge in [-0.3, -0.25) is 4.72 Å². The lowest BCUT2D eigenvalue weighted by Crippen LogP contribution is -2.33. The minimum Gasteiger partial charge on any atom is -0.495 e. The molecule has 1 fully saturated rings. The van der Waals surface area contributed by atoms with Gasteiger partial charge >= 0.3 is 0 Å². The smallest absolute Gasteiger partial charge is 0.265 e. The van der Waals surface area contributed by atoms with Crippen LogP contribution >= 0.6 is 11.6 Å². The van der Waals surface area contributed by atoms with E-state index in [1.807, 2.05) is 36.4 Å². The van der Waals surface area contributed by atoms with Gasteiger partial charge in [0.2, 0.25) is 0 Å². The standard InChI is InChI=1S/C21H22ClN5O4S/c1-30-18-9-8-14(13-6-4-3-5-7-13)11-17(18)25-32(28,29)19-12-15(21-23-26-27-24-21)10-16(22)20(19)31-2/h3-12,21,23-27H,1-2H3. The lowest BCUT2D eigenvalue weighted by Gasteiger charge is -2.18. The van der Waals surface area contributed by atoms with Gasteiger partial charge in [-0.2, -0.15) is 11.1 Å². The van der Waals surface area contributed by atoms with Gasteiger partial charge in [0.25, 0.3) is 10.0 Å². The number of hydrogen-bond donors (Lipinski definition) is 5. The second-order valence-corrected chi connectivity index (χ2v) is 8.95. The lowest BCUT2D eigenvalue weighted by molar-refractivity contribution is 0.402. The Morgan fingerprint density at radius 3 is 2.28 bits per heavy atom. The Bertz CT molecular complexity index is 1220. The van der Waals surface area contributed by atoms with Gasteiger partial charge < -0.3 is 9.47 Å². The predicted molar refractivity (Wildman–Crippen MR) is 123 cm³/mol. The summed E-state index contributed by atoms with van der Waals surface area (Å²) in [5.41, 5.74) is 13.8. The van der Waals surface area contributed by atoms with Crippen LogP contribution in [0.5, 0.6) is 11.5 Å². The SMILES string of the molecule is COc1ccc(-c2ccccc2)cc1NS(=O)(=O)c1cc(C2NNNN2)cc(Cl)c1OC. The summed E-state index contributed by atoms with van der Waals surface area (Å²) in [7, 11) is -1.25. The molecule has 4 rings (SSSR count). The number of methoxy groups -OCH3 is 2. The Morgan fingerprint density at radius 1 is 0.906 bits per heavy atom. The van der Waals surface area contributed by atoms with E-state index in [2.05, 4.69) is 26.6 Å². The summed E-state index contributed by atoms with van der Waals surface area (Å²) >= 11 is 6.35. The van der Waals surface area contributed by atoms with E-state index in [-0.39, 0.29) is 21.4 Å². The van der Waals surface area contributed by atoms with Gasteiger partial charge in [-0.15, -0.1) is 0 Å². The molecule has 168 valence electrons. The summed E-state index contributed by atoms with van der Waals surface area (Å²) in [5.74, 6) is 0.419. The van der Waals surface area contributed by atoms with Crippen LogP contribution in [0.2, 0.25) is 5.02 Å². The van der Waals surface area contributed by atoms with Crippen LogP contribution < -0.4 is 36.1 Å². The fourth-order valence-electron chi connectivity index (χ4n) is 3.37. The number of hydrazine groups is 3. The van der Waals surface area contributed by atoms with Crippen LogP contribution in [0.3, 0.4) is 0 Å². The van der Waals surface area contributed by atoms with Crippen LogP contribution in [0.25, 0.3) is 11.1 Å². The number of benzene rings is 3. The molecule has 0 aromatic heterocycles. The largest absolute Gasteiger partial charge is 0.495 e. The first kappa shape index (κ1) is 22.3. The first-order chi connectivity index (χ1) is 15.4. The number of rotatable bonds is 7. The molecule has 1 saturated heterocycles. The Balaban J connectivity index is 1.76. The molecule has 0 saturated carbocycles. The van der Waals surface area contributed by atoms with Crippen molar-refractivity contribution < 1.29 is 17.9 Å². The van der Waals surface area contributed by atoms with Crippen LogP contribution in [0.1, 0.15) is 11.7 Å². The summed E-state index contributed by atoms with van der Waals surface area (Å²) in [4.78, 5) is -0.106. The van der Waals surface area contributed by atoms with E-state index in [1.54, 1.807) is 18.2 Å². The van der Waals surface area contributed by atoms with Gasteiger partial charge in [0, 0.05) is 0 Å². The van der Waals surface area contributed by atoms with Gasteiger partial charge in [0.05, 0.1) is 24.9 Å². The fraction of sp³-hybridized carbons (Fsp3) is 0.143. The van der Waals surface area contributed by atoms with E-state index >= 15 is 0 Å². The molecule has 11 heteroatoms. The molecule has 0 unspecified atom stereocenters. The van der Waals surface area contributed by atoms with Crippen molar-refractivity contribution in [1.29, 1.82) is 0 Å². The quantitative estimate of drug-likeness (QED) is 0.354. The summed E-state index contributed by atoms with van der Waals surface area (Å²) in [5, 5.41) is 0.158. The molecular formula is C21H22ClN5O4S. The van der Waals surface area contributed by atoms with Crippen molar-refractivity contribution >= 4 is 27.3 Å². The van der Waals surface area contributed by atoms with Gasteiger partial charge in [-0.05, 0) is 41.0 Å². The van der Waals surface area contributed by atoms with Gasteiger partial charge in [0.1, 0.15) is 16.8 Å². The van der Waals surface area contributed by atoms with Gasteiger partial charge in [-0.25, -0.2) is 19.3 Å². The van der Waals surface area contributed by atoms with Crippen molar-refractivity contribution in [3.05, 3.63) is 71.2 Å². The highest BCUT2D eigenvalue weighted by atomic mass is 35.5. The van der Waals surface area contributed by atoms with Crippen molar-refractivity contribution in [2.45, 2.75) is 11.1 Å². The monoisotopic (exact) mass is 475 g/mol. The topological polar surface area (TPSA) is 113 Å². The van der Waals surface area contributed by atoms with Crippen molar-refractivity contribution in [2.24, 2.45) is 0 Å². The second kappa shape index (κ2) is 9.33. The third-order valence-electron chi connectivity index (χ3n) is 4.91. The van der Waals surface area contributed by atoms with Crippen LogP contribution in [0.15, 0.2) is 65.6 Å². The van der Waals surface area contributed by atoms with E-state index in [0.717, 1.165) is 11.1 Å². The Hall–Kier alpha value is -2.86. The summed E-state index contributed by atoms with van der Waals surface area (Å²) in [6.07, 6.45) is -0.414. The molecule has 5 N–H and O–H groups in total. The first-order valence-corrected chi connectivity index (χ1v) is 11.4. The maximum absolute atomic E-state index is 13.4. The molecule has 0 aliphatic carbocycles. The van der Waals surface area contributed by atoms with Gasteiger partial charge in [-0.1, -0.05) is 48.0 Å². The van der Waals surface area contributed by atoms with Crippen LogP contribution in [0, 0.1) is 0 Å². The molecule has 0 atom stereocenters. The highest BCUT2D eigenvalue weighted by Gasteiger charge is 2.27. The Labute approximate surface area is 191 Å². The lowest BCUT2D eigenvalue weighted by atomic mass is 10.1. The van der Waals surface area contributed by atoms with Crippen molar-refractivity contribution in [3.8, 4) is 22.6 Å². The third kappa shape index (κ3) is 4.51. The predicted octanol–water partition coefficient (Wildman–Crippen LogP) is 2.94. The number of nitrogens with one attached hydrogen (secondary N) is 5. The molecule has 0 bridgehead atoms. The number of hydrogen-bond acceptors (Lipinski definition) is 8. The summed E-state index contributed by atoms with van der Waals surface area (Å²) in [6, 6.07) is 18.0. The van der Waals surface area contributed by atoms with E-state index in [1.165, 1.54) is 20.3 Å². The van der Waals surface area contributed by atoms with E-state index < -0.39 is 16.2 Å². The van der Waals surface area contributed by atoms with E-state index in [9.17, 15) is 8.42 Å². The molecule has 1 heterocycles. The number of sulfonamides is 1. The summed E-state index contributed by atoms with van der Waals surface area (Å²) < 4.78 is 40.2.